The summed E-state index contributed by atoms with van der Waals surface area (Å²) in [4.78, 5) is 0. The molecule has 0 aliphatic rings. The van der Waals surface area contributed by atoms with Gasteiger partial charge in [0, 0.05) is 10.0 Å². The second kappa shape index (κ2) is 6.81. The first kappa shape index (κ1) is 14.9. The molecule has 1 N–H and O–H groups in total. The number of nitrogens with one attached hydrogen (secondary N) is 1. The van der Waals surface area contributed by atoms with Crippen LogP contribution in [-0.2, 0) is 0 Å². The highest BCUT2D eigenvalue weighted by Gasteiger charge is 2.03. The molecule has 0 unspecified atom stereocenters. The van der Waals surface area contributed by atoms with E-state index in [2.05, 4.69) is 38.2 Å². The normalized spacial score (nSPS) is 11.2. The van der Waals surface area contributed by atoms with Gasteiger partial charge < -0.3 is 4.74 Å². The summed E-state index contributed by atoms with van der Waals surface area (Å²) in [6, 6.07) is 5.81. The molecule has 0 atom stereocenters. The lowest BCUT2D eigenvalue weighted by atomic mass is 10.2. The Balaban J connectivity index is 2.32. The Morgan fingerprint density at radius 1 is 1.55 bits per heavy atom. The number of H-pyrrole nitrogens is 1. The average Bonchev–Trinajstić information content (AvgIpc) is 2.75. The van der Waals surface area contributed by atoms with Crippen LogP contribution in [0.25, 0.3) is 0 Å². The van der Waals surface area contributed by atoms with Crippen molar-refractivity contribution in [2.75, 3.05) is 6.61 Å². The molecule has 106 valence electrons. The fourth-order valence-corrected chi connectivity index (χ4v) is 2.19. The molecule has 1 aromatic carbocycles. The van der Waals surface area contributed by atoms with Crippen LogP contribution in [0.5, 0.6) is 5.75 Å². The molecular weight excluding hydrogens is 340 g/mol. The Kier molecular flexibility index (Phi) is 5.08. The lowest BCUT2D eigenvalue weighted by molar-refractivity contribution is 0.317. The van der Waals surface area contributed by atoms with Crippen LogP contribution in [0.4, 0.5) is 0 Å². The number of aryl methyl sites for hydroxylation is 1. The van der Waals surface area contributed by atoms with Crippen LogP contribution < -0.4 is 4.74 Å². The van der Waals surface area contributed by atoms with Crippen LogP contribution >= 0.6 is 28.1 Å². The van der Waals surface area contributed by atoms with E-state index in [9.17, 15) is 0 Å². The number of ether oxygens (including phenoxy) is 1. The summed E-state index contributed by atoms with van der Waals surface area (Å²) >= 11 is 8.56. The number of rotatable bonds is 5. The summed E-state index contributed by atoms with van der Waals surface area (Å²) in [6.45, 7) is 4.58. The summed E-state index contributed by atoms with van der Waals surface area (Å²) in [5.41, 5.74) is 0.885. The van der Waals surface area contributed by atoms with Crippen molar-refractivity contribution in [3.05, 3.63) is 38.8 Å². The van der Waals surface area contributed by atoms with Crippen LogP contribution in [-0.4, -0.2) is 27.7 Å². The quantitative estimate of drug-likeness (QED) is 0.658. The highest BCUT2D eigenvalue weighted by Crippen LogP contribution is 2.22. The maximum atomic E-state index is 5.70. The Hall–Kier alpha value is -1.47. The molecule has 0 aliphatic carbocycles. The average molecular weight is 355 g/mol. The standard InChI is InChI=1S/C13H15BrN4OS/c1-3-6-19-12-5-4-11(14)7-10(12)8-15-18-9(2)16-17-13(18)20/h4-5,7-8H,3,6H2,1-2H3,(H,17,20)/b15-8-. The Labute approximate surface area is 130 Å². The van der Waals surface area contributed by atoms with E-state index in [0.29, 0.717) is 17.2 Å². The zero-order valence-electron chi connectivity index (χ0n) is 11.3. The highest BCUT2D eigenvalue weighted by atomic mass is 79.9. The fraction of sp³-hybridized carbons (Fsp3) is 0.308. The first-order valence-corrected chi connectivity index (χ1v) is 7.42. The molecule has 0 amide bonds. The van der Waals surface area contributed by atoms with Gasteiger partial charge in [-0.1, -0.05) is 22.9 Å². The molecule has 1 aromatic heterocycles. The first-order valence-electron chi connectivity index (χ1n) is 6.22. The lowest BCUT2D eigenvalue weighted by Gasteiger charge is -2.08. The maximum absolute atomic E-state index is 5.70. The van der Waals surface area contributed by atoms with Gasteiger partial charge in [-0.3, -0.25) is 5.10 Å². The molecule has 2 aromatic rings. The van der Waals surface area contributed by atoms with Gasteiger partial charge in [-0.25, -0.2) is 0 Å². The number of aromatic amines is 1. The van der Waals surface area contributed by atoms with Gasteiger partial charge in [0.05, 0.1) is 12.8 Å². The summed E-state index contributed by atoms with van der Waals surface area (Å²) in [6.07, 6.45) is 2.67. The molecule has 20 heavy (non-hydrogen) atoms. The van der Waals surface area contributed by atoms with Crippen LogP contribution in [0.1, 0.15) is 24.7 Å². The molecule has 0 saturated heterocycles. The molecule has 0 bridgehead atoms. The zero-order valence-corrected chi connectivity index (χ0v) is 13.7. The predicted octanol–water partition coefficient (Wildman–Crippen LogP) is 3.68. The van der Waals surface area contributed by atoms with Crippen molar-refractivity contribution < 1.29 is 4.74 Å². The molecule has 0 spiro atoms. The molecule has 7 heteroatoms. The molecule has 1 heterocycles. The monoisotopic (exact) mass is 354 g/mol. The van der Waals surface area contributed by atoms with Gasteiger partial charge in [0.15, 0.2) is 0 Å². The number of nitrogens with zero attached hydrogens (tertiary/aromatic N) is 3. The molecule has 0 saturated carbocycles. The fourth-order valence-electron chi connectivity index (χ4n) is 1.59. The molecular formula is C13H15BrN4OS. The Bertz CT molecular complexity index is 677. The molecule has 0 aliphatic heterocycles. The van der Waals surface area contributed by atoms with Crippen molar-refractivity contribution in [2.24, 2.45) is 5.10 Å². The van der Waals surface area contributed by atoms with E-state index in [1.165, 1.54) is 0 Å². The zero-order chi connectivity index (χ0) is 14.5. The Morgan fingerprint density at radius 3 is 3.00 bits per heavy atom. The third kappa shape index (κ3) is 3.55. The minimum absolute atomic E-state index is 0.463. The van der Waals surface area contributed by atoms with Crippen molar-refractivity contribution in [3.8, 4) is 5.75 Å². The van der Waals surface area contributed by atoms with E-state index in [0.717, 1.165) is 22.2 Å². The topological polar surface area (TPSA) is 55.2 Å². The minimum atomic E-state index is 0.463. The van der Waals surface area contributed by atoms with Crippen molar-refractivity contribution >= 4 is 34.4 Å². The molecule has 0 fully saturated rings. The van der Waals surface area contributed by atoms with E-state index in [-0.39, 0.29) is 0 Å². The van der Waals surface area contributed by atoms with Gasteiger partial charge >= 0.3 is 0 Å². The summed E-state index contributed by atoms with van der Waals surface area (Å²) < 4.78 is 8.70. The van der Waals surface area contributed by atoms with E-state index < -0.39 is 0 Å². The van der Waals surface area contributed by atoms with Gasteiger partial charge in [0.2, 0.25) is 4.77 Å². The number of benzene rings is 1. The third-order valence-electron chi connectivity index (χ3n) is 2.56. The van der Waals surface area contributed by atoms with Crippen LogP contribution in [0.2, 0.25) is 0 Å². The summed E-state index contributed by atoms with van der Waals surface area (Å²) in [5.74, 6) is 1.50. The number of hydrogen-bond acceptors (Lipinski definition) is 4. The first-order chi connectivity index (χ1) is 9.61. The van der Waals surface area contributed by atoms with Crippen molar-refractivity contribution in [2.45, 2.75) is 20.3 Å². The number of hydrogen-bond donors (Lipinski definition) is 1. The third-order valence-corrected chi connectivity index (χ3v) is 3.32. The summed E-state index contributed by atoms with van der Waals surface area (Å²) in [5, 5.41) is 11.0. The van der Waals surface area contributed by atoms with Gasteiger partial charge in [-0.05, 0) is 43.8 Å². The predicted molar refractivity (Wildman–Crippen MR) is 85.1 cm³/mol. The van der Waals surface area contributed by atoms with Gasteiger partial charge in [-0.15, -0.1) is 0 Å². The Morgan fingerprint density at radius 2 is 2.35 bits per heavy atom. The summed E-state index contributed by atoms with van der Waals surface area (Å²) in [7, 11) is 0. The molecule has 0 radical (unpaired) electrons. The van der Waals surface area contributed by atoms with Crippen LogP contribution in [0.3, 0.4) is 0 Å². The van der Waals surface area contributed by atoms with Gasteiger partial charge in [0.1, 0.15) is 11.6 Å². The van der Waals surface area contributed by atoms with Crippen LogP contribution in [0, 0.1) is 11.7 Å². The van der Waals surface area contributed by atoms with Gasteiger partial charge in [0.25, 0.3) is 0 Å². The van der Waals surface area contributed by atoms with Crippen molar-refractivity contribution in [1.29, 1.82) is 0 Å². The minimum Gasteiger partial charge on any atom is -0.493 e. The van der Waals surface area contributed by atoms with Gasteiger partial charge in [-0.2, -0.15) is 14.9 Å². The SMILES string of the molecule is CCCOc1ccc(Br)cc1/C=N\n1c(C)n[nH]c1=S. The molecule has 2 rings (SSSR count). The van der Waals surface area contributed by atoms with E-state index in [1.807, 2.05) is 25.1 Å². The maximum Gasteiger partial charge on any atom is 0.216 e. The van der Waals surface area contributed by atoms with E-state index >= 15 is 0 Å². The van der Waals surface area contributed by atoms with Crippen molar-refractivity contribution in [1.82, 2.24) is 14.9 Å². The van der Waals surface area contributed by atoms with Crippen LogP contribution in [0.15, 0.2) is 27.8 Å². The molecule has 5 nitrogen and oxygen atoms in total. The van der Waals surface area contributed by atoms with E-state index in [1.54, 1.807) is 10.9 Å². The smallest absolute Gasteiger partial charge is 0.216 e. The second-order valence-electron chi connectivity index (χ2n) is 4.16. The number of halogens is 1. The van der Waals surface area contributed by atoms with E-state index in [4.69, 9.17) is 17.0 Å². The largest absolute Gasteiger partial charge is 0.493 e. The second-order valence-corrected chi connectivity index (χ2v) is 5.47. The number of aromatic nitrogens is 3. The highest BCUT2D eigenvalue weighted by molar-refractivity contribution is 9.10. The lowest BCUT2D eigenvalue weighted by Crippen LogP contribution is -2.00. The van der Waals surface area contributed by atoms with Crippen molar-refractivity contribution in [3.63, 3.8) is 0 Å².